The molecular weight excluding hydrogens is 212 g/mol. The van der Waals surface area contributed by atoms with Crippen LogP contribution in [0.2, 0.25) is 0 Å². The molecule has 1 fully saturated rings. The molecule has 1 aromatic heterocycles. The molecule has 0 amide bonds. The highest BCUT2D eigenvalue weighted by atomic mass is 16.3. The smallest absolute Gasteiger partial charge is 0.117 e. The van der Waals surface area contributed by atoms with E-state index in [0.717, 1.165) is 18.8 Å². The number of nitrogens with one attached hydrogen (secondary N) is 1. The Morgan fingerprint density at radius 2 is 2.12 bits per heavy atom. The lowest BCUT2D eigenvalue weighted by atomic mass is 10.0. The average Bonchev–Trinajstić information content (AvgIpc) is 2.96. The van der Waals surface area contributed by atoms with Crippen LogP contribution in [0, 0.1) is 5.92 Å². The van der Waals surface area contributed by atoms with Gasteiger partial charge in [-0.3, -0.25) is 4.90 Å². The van der Waals surface area contributed by atoms with E-state index in [4.69, 9.17) is 4.42 Å². The molecule has 1 aliphatic rings. The minimum absolute atomic E-state index is 0.660. The van der Waals surface area contributed by atoms with Crippen LogP contribution < -0.4 is 5.32 Å². The molecule has 0 bridgehead atoms. The molecule has 17 heavy (non-hydrogen) atoms. The first-order valence-corrected chi connectivity index (χ1v) is 6.74. The summed E-state index contributed by atoms with van der Waals surface area (Å²) in [6.45, 7) is 9.06. The van der Waals surface area contributed by atoms with E-state index in [1.807, 2.05) is 12.1 Å². The van der Waals surface area contributed by atoms with Crippen LogP contribution >= 0.6 is 0 Å². The first kappa shape index (κ1) is 12.7. The van der Waals surface area contributed by atoms with Crippen molar-refractivity contribution in [3.05, 3.63) is 24.2 Å². The van der Waals surface area contributed by atoms with E-state index >= 15 is 0 Å². The van der Waals surface area contributed by atoms with Gasteiger partial charge >= 0.3 is 0 Å². The second-order valence-electron chi connectivity index (χ2n) is 5.26. The molecule has 1 atom stereocenters. The van der Waals surface area contributed by atoms with Crippen molar-refractivity contribution in [1.82, 2.24) is 10.2 Å². The van der Waals surface area contributed by atoms with Gasteiger partial charge < -0.3 is 9.73 Å². The van der Waals surface area contributed by atoms with Crippen LogP contribution in [0.5, 0.6) is 0 Å². The van der Waals surface area contributed by atoms with E-state index in [0.29, 0.717) is 12.0 Å². The normalized spacial score (nSPS) is 19.0. The number of hydrogen-bond acceptors (Lipinski definition) is 3. The second kappa shape index (κ2) is 6.22. The number of furan rings is 1. The molecule has 96 valence electrons. The Hall–Kier alpha value is -0.800. The maximum absolute atomic E-state index is 5.33. The highest BCUT2D eigenvalue weighted by Crippen LogP contribution is 2.17. The minimum atomic E-state index is 0.660. The molecule has 1 aromatic rings. The summed E-state index contributed by atoms with van der Waals surface area (Å²) in [5.74, 6) is 1.73. The van der Waals surface area contributed by atoms with Crippen molar-refractivity contribution in [3.63, 3.8) is 0 Å². The lowest BCUT2D eigenvalue weighted by molar-refractivity contribution is 0.185. The van der Waals surface area contributed by atoms with Crippen LogP contribution in [0.15, 0.2) is 22.8 Å². The molecule has 1 aliphatic heterocycles. The molecule has 3 nitrogen and oxygen atoms in total. The molecule has 0 aromatic carbocycles. The quantitative estimate of drug-likeness (QED) is 0.822. The Kier molecular flexibility index (Phi) is 4.63. The second-order valence-corrected chi connectivity index (χ2v) is 5.26. The van der Waals surface area contributed by atoms with E-state index < -0.39 is 0 Å². The number of hydrogen-bond donors (Lipinski definition) is 1. The molecule has 3 heteroatoms. The minimum Gasteiger partial charge on any atom is -0.468 e. The summed E-state index contributed by atoms with van der Waals surface area (Å²) < 4.78 is 5.33. The molecule has 1 saturated heterocycles. The van der Waals surface area contributed by atoms with Crippen molar-refractivity contribution in [2.75, 3.05) is 19.6 Å². The van der Waals surface area contributed by atoms with Gasteiger partial charge in [0.05, 0.1) is 12.8 Å². The van der Waals surface area contributed by atoms with E-state index in [-0.39, 0.29) is 0 Å². The van der Waals surface area contributed by atoms with Crippen LogP contribution in [-0.2, 0) is 6.54 Å². The standard InChI is InChI=1S/C14H24N2O/c1-12(2)14(16-7-3-4-8-16)11-15-10-13-6-5-9-17-13/h5-6,9,12,14-15H,3-4,7-8,10-11H2,1-2H3. The highest BCUT2D eigenvalue weighted by Gasteiger charge is 2.23. The summed E-state index contributed by atoms with van der Waals surface area (Å²) >= 11 is 0. The third-order valence-corrected chi connectivity index (χ3v) is 3.61. The topological polar surface area (TPSA) is 28.4 Å². The van der Waals surface area contributed by atoms with Crippen molar-refractivity contribution >= 4 is 0 Å². The highest BCUT2D eigenvalue weighted by molar-refractivity contribution is 4.97. The molecule has 1 N–H and O–H groups in total. The summed E-state index contributed by atoms with van der Waals surface area (Å²) in [6, 6.07) is 4.62. The fourth-order valence-corrected chi connectivity index (χ4v) is 2.62. The summed E-state index contributed by atoms with van der Waals surface area (Å²) in [4.78, 5) is 2.62. The maximum Gasteiger partial charge on any atom is 0.117 e. The maximum atomic E-state index is 5.33. The molecule has 0 saturated carbocycles. The predicted octanol–water partition coefficient (Wildman–Crippen LogP) is 2.49. The lowest BCUT2D eigenvalue weighted by Gasteiger charge is -2.31. The SMILES string of the molecule is CC(C)C(CNCc1ccco1)N1CCCC1. The van der Waals surface area contributed by atoms with Crippen LogP contribution in [0.1, 0.15) is 32.4 Å². The Bertz CT molecular complexity index is 302. The fourth-order valence-electron chi connectivity index (χ4n) is 2.62. The third kappa shape index (κ3) is 3.58. The van der Waals surface area contributed by atoms with E-state index in [2.05, 4.69) is 24.1 Å². The molecule has 0 aliphatic carbocycles. The van der Waals surface area contributed by atoms with Crippen LogP contribution in [0.25, 0.3) is 0 Å². The van der Waals surface area contributed by atoms with Gasteiger partial charge in [0, 0.05) is 12.6 Å². The first-order valence-electron chi connectivity index (χ1n) is 6.74. The van der Waals surface area contributed by atoms with Crippen molar-refractivity contribution in [1.29, 1.82) is 0 Å². The van der Waals surface area contributed by atoms with Crippen LogP contribution in [0.4, 0.5) is 0 Å². The van der Waals surface area contributed by atoms with Crippen molar-refractivity contribution in [2.24, 2.45) is 5.92 Å². The third-order valence-electron chi connectivity index (χ3n) is 3.61. The van der Waals surface area contributed by atoms with Gasteiger partial charge in [0.25, 0.3) is 0 Å². The van der Waals surface area contributed by atoms with Gasteiger partial charge in [-0.2, -0.15) is 0 Å². The zero-order valence-corrected chi connectivity index (χ0v) is 11.0. The Balaban J connectivity index is 1.77. The van der Waals surface area contributed by atoms with Crippen molar-refractivity contribution in [3.8, 4) is 0 Å². The molecule has 2 heterocycles. The monoisotopic (exact) mass is 236 g/mol. The lowest BCUT2D eigenvalue weighted by Crippen LogP contribution is -2.44. The van der Waals surface area contributed by atoms with E-state index in [9.17, 15) is 0 Å². The summed E-state index contributed by atoms with van der Waals surface area (Å²) in [5.41, 5.74) is 0. The molecule has 0 spiro atoms. The largest absolute Gasteiger partial charge is 0.468 e. The summed E-state index contributed by atoms with van der Waals surface area (Å²) in [7, 11) is 0. The molecular formula is C14H24N2O. The van der Waals surface area contributed by atoms with Gasteiger partial charge in [0.1, 0.15) is 5.76 Å². The Morgan fingerprint density at radius 1 is 1.35 bits per heavy atom. The zero-order chi connectivity index (χ0) is 12.1. The fraction of sp³-hybridized carbons (Fsp3) is 0.714. The molecule has 2 rings (SSSR count). The summed E-state index contributed by atoms with van der Waals surface area (Å²) in [6.07, 6.45) is 4.46. The number of nitrogens with zero attached hydrogens (tertiary/aromatic N) is 1. The number of rotatable bonds is 6. The Morgan fingerprint density at radius 3 is 2.71 bits per heavy atom. The van der Waals surface area contributed by atoms with Gasteiger partial charge in [0.2, 0.25) is 0 Å². The predicted molar refractivity (Wildman–Crippen MR) is 69.8 cm³/mol. The van der Waals surface area contributed by atoms with Gasteiger partial charge in [-0.1, -0.05) is 13.8 Å². The zero-order valence-electron chi connectivity index (χ0n) is 11.0. The van der Waals surface area contributed by atoms with Gasteiger partial charge in [-0.05, 0) is 44.0 Å². The first-order chi connectivity index (χ1) is 8.27. The number of likely N-dealkylation sites (tertiary alicyclic amines) is 1. The van der Waals surface area contributed by atoms with Crippen molar-refractivity contribution in [2.45, 2.75) is 39.3 Å². The van der Waals surface area contributed by atoms with Gasteiger partial charge in [-0.15, -0.1) is 0 Å². The Labute approximate surface area is 104 Å². The van der Waals surface area contributed by atoms with E-state index in [1.165, 1.54) is 25.9 Å². The van der Waals surface area contributed by atoms with E-state index in [1.54, 1.807) is 6.26 Å². The average molecular weight is 236 g/mol. The molecule has 0 radical (unpaired) electrons. The van der Waals surface area contributed by atoms with Gasteiger partial charge in [-0.25, -0.2) is 0 Å². The summed E-state index contributed by atoms with van der Waals surface area (Å²) in [5, 5.41) is 3.51. The van der Waals surface area contributed by atoms with Crippen molar-refractivity contribution < 1.29 is 4.42 Å². The van der Waals surface area contributed by atoms with Crippen LogP contribution in [0.3, 0.4) is 0 Å². The van der Waals surface area contributed by atoms with Gasteiger partial charge in [0.15, 0.2) is 0 Å². The molecule has 1 unspecified atom stereocenters. The van der Waals surface area contributed by atoms with Crippen LogP contribution in [-0.4, -0.2) is 30.6 Å².